The molecular formula is C15H31N. The van der Waals surface area contributed by atoms with Crippen LogP contribution < -0.4 is 5.32 Å². The van der Waals surface area contributed by atoms with E-state index in [2.05, 4.69) is 38.2 Å². The van der Waals surface area contributed by atoms with Gasteiger partial charge in [-0.15, -0.1) is 0 Å². The molecule has 1 heteroatoms. The first kappa shape index (κ1) is 15.7. The van der Waals surface area contributed by atoms with Crippen LogP contribution >= 0.6 is 0 Å². The Bertz CT molecular complexity index is 150. The first-order valence-corrected chi connectivity index (χ1v) is 7.15. The second-order valence-electron chi connectivity index (χ2n) is 4.93. The first-order chi connectivity index (χ1) is 7.77. The zero-order chi connectivity index (χ0) is 12.1. The number of unbranched alkanes of at least 4 members (excludes halogenated alkanes) is 6. The smallest absolute Gasteiger partial charge is 0.00105 e. The molecule has 0 rings (SSSR count). The van der Waals surface area contributed by atoms with Crippen LogP contribution in [0.25, 0.3) is 0 Å². The predicted octanol–water partition coefficient (Wildman–Crippen LogP) is 4.68. The normalized spacial score (nSPS) is 11.8. The van der Waals surface area contributed by atoms with Crippen LogP contribution in [0.15, 0.2) is 12.2 Å². The van der Waals surface area contributed by atoms with Crippen molar-refractivity contribution in [1.82, 2.24) is 5.32 Å². The lowest BCUT2D eigenvalue weighted by atomic mass is 10.1. The molecule has 0 bridgehead atoms. The number of nitrogens with one attached hydrogen (secondary N) is 1. The van der Waals surface area contributed by atoms with Crippen molar-refractivity contribution in [3.05, 3.63) is 12.2 Å². The standard InChI is InChI=1S/C15H31N/c1-4-5-6-7-8-9-10-11-12-13-14-16-15(2)3/h11-12,15-16H,4-10,13-14H2,1-3H3. The molecule has 0 radical (unpaired) electrons. The zero-order valence-corrected chi connectivity index (χ0v) is 11.6. The average molecular weight is 225 g/mol. The van der Waals surface area contributed by atoms with Crippen molar-refractivity contribution in [3.63, 3.8) is 0 Å². The molecule has 0 aliphatic heterocycles. The van der Waals surface area contributed by atoms with Gasteiger partial charge in [0.2, 0.25) is 0 Å². The van der Waals surface area contributed by atoms with E-state index in [1.165, 1.54) is 51.4 Å². The molecule has 0 aliphatic carbocycles. The van der Waals surface area contributed by atoms with E-state index in [-0.39, 0.29) is 0 Å². The quantitative estimate of drug-likeness (QED) is 0.397. The van der Waals surface area contributed by atoms with E-state index in [9.17, 15) is 0 Å². The lowest BCUT2D eigenvalue weighted by molar-refractivity contribution is 0.593. The summed E-state index contributed by atoms with van der Waals surface area (Å²) in [7, 11) is 0. The third-order valence-electron chi connectivity index (χ3n) is 2.75. The fraction of sp³-hybridized carbons (Fsp3) is 0.867. The fourth-order valence-electron chi connectivity index (χ4n) is 1.73. The summed E-state index contributed by atoms with van der Waals surface area (Å²) >= 11 is 0. The van der Waals surface area contributed by atoms with Crippen LogP contribution in [0.2, 0.25) is 0 Å². The molecule has 0 aromatic heterocycles. The lowest BCUT2D eigenvalue weighted by Gasteiger charge is -2.04. The minimum Gasteiger partial charge on any atom is -0.314 e. The highest BCUT2D eigenvalue weighted by Gasteiger charge is 1.89. The minimum atomic E-state index is 0.618. The Hall–Kier alpha value is -0.300. The third-order valence-corrected chi connectivity index (χ3v) is 2.75. The number of hydrogen-bond acceptors (Lipinski definition) is 1. The lowest BCUT2D eigenvalue weighted by Crippen LogP contribution is -2.23. The van der Waals surface area contributed by atoms with Gasteiger partial charge in [-0.1, -0.05) is 65.0 Å². The van der Waals surface area contributed by atoms with Crippen molar-refractivity contribution < 1.29 is 0 Å². The molecule has 0 fully saturated rings. The SMILES string of the molecule is CCCCCCCCC=CCCNC(C)C. The van der Waals surface area contributed by atoms with E-state index in [0.29, 0.717) is 6.04 Å². The molecule has 0 aromatic carbocycles. The van der Waals surface area contributed by atoms with Gasteiger partial charge in [0.25, 0.3) is 0 Å². The van der Waals surface area contributed by atoms with E-state index in [0.717, 1.165) is 6.54 Å². The molecule has 0 amide bonds. The second-order valence-corrected chi connectivity index (χ2v) is 4.93. The number of rotatable bonds is 11. The van der Waals surface area contributed by atoms with Crippen molar-refractivity contribution >= 4 is 0 Å². The van der Waals surface area contributed by atoms with Gasteiger partial charge in [-0.25, -0.2) is 0 Å². The largest absolute Gasteiger partial charge is 0.314 e. The molecule has 0 saturated heterocycles. The number of hydrogen-bond donors (Lipinski definition) is 1. The van der Waals surface area contributed by atoms with Crippen LogP contribution in [-0.2, 0) is 0 Å². The molecule has 96 valence electrons. The van der Waals surface area contributed by atoms with Gasteiger partial charge in [0, 0.05) is 6.04 Å². The maximum absolute atomic E-state index is 3.42. The Labute approximate surface area is 103 Å². The highest BCUT2D eigenvalue weighted by atomic mass is 14.9. The number of allylic oxidation sites excluding steroid dienone is 1. The first-order valence-electron chi connectivity index (χ1n) is 7.15. The van der Waals surface area contributed by atoms with Gasteiger partial charge in [0.15, 0.2) is 0 Å². The van der Waals surface area contributed by atoms with Gasteiger partial charge in [-0.05, 0) is 25.8 Å². The van der Waals surface area contributed by atoms with Crippen LogP contribution in [0.4, 0.5) is 0 Å². The predicted molar refractivity (Wildman–Crippen MR) is 74.9 cm³/mol. The summed E-state index contributed by atoms with van der Waals surface area (Å²) in [5.41, 5.74) is 0. The molecule has 0 saturated carbocycles. The highest BCUT2D eigenvalue weighted by Crippen LogP contribution is 2.07. The van der Waals surface area contributed by atoms with E-state index in [1.807, 2.05) is 0 Å². The fourth-order valence-corrected chi connectivity index (χ4v) is 1.73. The molecule has 0 heterocycles. The van der Waals surface area contributed by atoms with E-state index in [4.69, 9.17) is 0 Å². The van der Waals surface area contributed by atoms with Gasteiger partial charge in [-0.2, -0.15) is 0 Å². The highest BCUT2D eigenvalue weighted by molar-refractivity contribution is 4.82. The molecule has 0 atom stereocenters. The van der Waals surface area contributed by atoms with Crippen LogP contribution in [0.1, 0.15) is 72.1 Å². The summed E-state index contributed by atoms with van der Waals surface area (Å²) in [4.78, 5) is 0. The monoisotopic (exact) mass is 225 g/mol. The topological polar surface area (TPSA) is 12.0 Å². The minimum absolute atomic E-state index is 0.618. The van der Waals surface area contributed by atoms with Crippen LogP contribution in [0.3, 0.4) is 0 Å². The van der Waals surface area contributed by atoms with Gasteiger partial charge >= 0.3 is 0 Å². The summed E-state index contributed by atoms with van der Waals surface area (Å²) in [6, 6.07) is 0.618. The molecule has 0 aromatic rings. The van der Waals surface area contributed by atoms with Crippen molar-refractivity contribution in [3.8, 4) is 0 Å². The van der Waals surface area contributed by atoms with E-state index >= 15 is 0 Å². The van der Waals surface area contributed by atoms with Gasteiger partial charge in [-0.3, -0.25) is 0 Å². The Balaban J connectivity index is 3.04. The van der Waals surface area contributed by atoms with Crippen LogP contribution in [-0.4, -0.2) is 12.6 Å². The Kier molecular flexibility index (Phi) is 12.5. The van der Waals surface area contributed by atoms with Crippen LogP contribution in [0.5, 0.6) is 0 Å². The Morgan fingerprint density at radius 3 is 2.19 bits per heavy atom. The van der Waals surface area contributed by atoms with Crippen molar-refractivity contribution in [2.45, 2.75) is 78.2 Å². The summed E-state index contributed by atoms with van der Waals surface area (Å²) in [6.45, 7) is 7.78. The molecule has 16 heavy (non-hydrogen) atoms. The summed E-state index contributed by atoms with van der Waals surface area (Å²) < 4.78 is 0. The van der Waals surface area contributed by atoms with E-state index in [1.54, 1.807) is 0 Å². The van der Waals surface area contributed by atoms with Crippen molar-refractivity contribution in [2.24, 2.45) is 0 Å². The van der Waals surface area contributed by atoms with Crippen LogP contribution in [0, 0.1) is 0 Å². The zero-order valence-electron chi connectivity index (χ0n) is 11.6. The maximum Gasteiger partial charge on any atom is 0.00105 e. The van der Waals surface area contributed by atoms with E-state index < -0.39 is 0 Å². The summed E-state index contributed by atoms with van der Waals surface area (Å²) in [5, 5.41) is 3.42. The third kappa shape index (κ3) is 13.7. The van der Waals surface area contributed by atoms with Gasteiger partial charge in [0.05, 0.1) is 0 Å². The summed E-state index contributed by atoms with van der Waals surface area (Å²) in [5.74, 6) is 0. The second kappa shape index (κ2) is 12.8. The molecule has 0 unspecified atom stereocenters. The van der Waals surface area contributed by atoms with Gasteiger partial charge in [0.1, 0.15) is 0 Å². The Morgan fingerprint density at radius 1 is 0.875 bits per heavy atom. The molecule has 0 aliphatic rings. The molecule has 0 spiro atoms. The average Bonchev–Trinajstić information content (AvgIpc) is 2.25. The van der Waals surface area contributed by atoms with Crippen molar-refractivity contribution in [2.75, 3.05) is 6.54 Å². The molecular weight excluding hydrogens is 194 g/mol. The summed E-state index contributed by atoms with van der Waals surface area (Å²) in [6.07, 6.45) is 15.5. The van der Waals surface area contributed by atoms with Crippen molar-refractivity contribution in [1.29, 1.82) is 0 Å². The molecule has 1 N–H and O–H groups in total. The van der Waals surface area contributed by atoms with Gasteiger partial charge < -0.3 is 5.32 Å². The molecule has 1 nitrogen and oxygen atoms in total. The Morgan fingerprint density at radius 2 is 1.50 bits per heavy atom. The maximum atomic E-state index is 3.42.